The zero-order valence-corrected chi connectivity index (χ0v) is 26.4. The molecule has 0 unspecified atom stereocenters. The summed E-state index contributed by atoms with van der Waals surface area (Å²) in [5, 5.41) is 3.17. The third kappa shape index (κ3) is 8.70. The van der Waals surface area contributed by atoms with Gasteiger partial charge in [0, 0.05) is 23.5 Å². The van der Waals surface area contributed by atoms with Crippen LogP contribution < -0.4 is 9.62 Å². The van der Waals surface area contributed by atoms with Crippen molar-refractivity contribution in [2.24, 2.45) is 0 Å². The third-order valence-corrected chi connectivity index (χ3v) is 8.88. The van der Waals surface area contributed by atoms with Gasteiger partial charge in [-0.2, -0.15) is 0 Å². The fraction of sp³-hybridized carbons (Fsp3) is 0.310. The van der Waals surface area contributed by atoms with Gasteiger partial charge in [-0.3, -0.25) is 13.9 Å². The molecule has 2 atom stereocenters. The molecule has 0 saturated heterocycles. The van der Waals surface area contributed by atoms with Gasteiger partial charge in [0.25, 0.3) is 0 Å². The van der Waals surface area contributed by atoms with E-state index in [-0.39, 0.29) is 40.6 Å². The quantitative estimate of drug-likeness (QED) is 0.254. The van der Waals surface area contributed by atoms with Crippen LogP contribution in [0.2, 0.25) is 10.0 Å². The number of benzene rings is 3. The molecule has 3 rings (SSSR count). The average molecular weight is 669 g/mol. The van der Waals surface area contributed by atoms with Crippen molar-refractivity contribution < 1.29 is 18.0 Å². The molecule has 0 fully saturated rings. The second-order valence-corrected chi connectivity index (χ2v) is 13.1. The Morgan fingerprint density at radius 3 is 2.20 bits per heavy atom. The van der Waals surface area contributed by atoms with Crippen molar-refractivity contribution in [3.63, 3.8) is 0 Å². The highest BCUT2D eigenvalue weighted by molar-refractivity contribution is 9.10. The highest BCUT2D eigenvalue weighted by Crippen LogP contribution is 2.34. The molecule has 40 heavy (non-hydrogen) atoms. The van der Waals surface area contributed by atoms with Gasteiger partial charge in [0.2, 0.25) is 21.8 Å². The summed E-state index contributed by atoms with van der Waals surface area (Å²) in [7, 11) is -3.96. The molecule has 0 heterocycles. The van der Waals surface area contributed by atoms with E-state index in [1.807, 2.05) is 68.4 Å². The van der Waals surface area contributed by atoms with E-state index in [4.69, 9.17) is 23.2 Å². The van der Waals surface area contributed by atoms with Crippen LogP contribution in [0.3, 0.4) is 0 Å². The van der Waals surface area contributed by atoms with Crippen LogP contribution in [0.25, 0.3) is 0 Å². The van der Waals surface area contributed by atoms with Gasteiger partial charge in [-0.1, -0.05) is 94.6 Å². The second kappa shape index (κ2) is 14.3. The number of carbonyl (C=O) groups excluding carboxylic acids is 2. The number of sulfonamides is 1. The summed E-state index contributed by atoms with van der Waals surface area (Å²) in [5.41, 5.74) is 1.72. The van der Waals surface area contributed by atoms with Crippen LogP contribution in [0.4, 0.5) is 5.69 Å². The van der Waals surface area contributed by atoms with Crippen molar-refractivity contribution in [3.8, 4) is 0 Å². The maximum Gasteiger partial charge on any atom is 0.244 e. The first kappa shape index (κ1) is 31.9. The summed E-state index contributed by atoms with van der Waals surface area (Å²) >= 11 is 16.0. The van der Waals surface area contributed by atoms with Crippen molar-refractivity contribution in [3.05, 3.63) is 98.4 Å². The van der Waals surface area contributed by atoms with Crippen molar-refractivity contribution in [2.45, 2.75) is 45.3 Å². The molecule has 0 aliphatic heterocycles. The Bertz CT molecular complexity index is 1420. The van der Waals surface area contributed by atoms with Crippen molar-refractivity contribution in [2.75, 3.05) is 17.1 Å². The van der Waals surface area contributed by atoms with Crippen LogP contribution in [-0.4, -0.2) is 50.0 Å². The van der Waals surface area contributed by atoms with Crippen molar-refractivity contribution in [1.29, 1.82) is 0 Å². The molecule has 0 bridgehead atoms. The summed E-state index contributed by atoms with van der Waals surface area (Å²) < 4.78 is 27.6. The van der Waals surface area contributed by atoms with Crippen molar-refractivity contribution in [1.82, 2.24) is 10.2 Å². The molecule has 11 heteroatoms. The van der Waals surface area contributed by atoms with E-state index in [0.29, 0.717) is 6.42 Å². The SMILES string of the molecule is CC[C@H](C)NC(=O)[C@@H](Cc1ccccc1)N(Cc1ccc(Br)cc1)C(=O)CN(c1cccc(Cl)c1Cl)S(C)(=O)=O. The van der Waals surface area contributed by atoms with Gasteiger partial charge in [0.1, 0.15) is 12.6 Å². The minimum Gasteiger partial charge on any atom is -0.352 e. The Balaban J connectivity index is 2.08. The monoisotopic (exact) mass is 667 g/mol. The van der Waals surface area contributed by atoms with Crippen LogP contribution in [0.5, 0.6) is 0 Å². The Morgan fingerprint density at radius 2 is 1.60 bits per heavy atom. The predicted molar refractivity (Wildman–Crippen MR) is 165 cm³/mol. The smallest absolute Gasteiger partial charge is 0.244 e. The number of halogens is 3. The van der Waals surface area contributed by atoms with Crippen molar-refractivity contribution >= 4 is 66.7 Å². The number of nitrogens with zero attached hydrogens (tertiary/aromatic N) is 2. The molecule has 0 aliphatic rings. The minimum absolute atomic E-state index is 0.0113. The maximum atomic E-state index is 14.1. The third-order valence-electron chi connectivity index (χ3n) is 6.42. The van der Waals surface area contributed by atoms with E-state index in [2.05, 4.69) is 21.2 Å². The average Bonchev–Trinajstić information content (AvgIpc) is 2.91. The first-order chi connectivity index (χ1) is 18.9. The van der Waals surface area contributed by atoms with Crippen LogP contribution in [0, 0.1) is 0 Å². The van der Waals surface area contributed by atoms with Crippen LogP contribution in [0.15, 0.2) is 77.3 Å². The lowest BCUT2D eigenvalue weighted by Gasteiger charge is -2.34. The number of amides is 2. The van der Waals surface area contributed by atoms with E-state index in [1.165, 1.54) is 17.0 Å². The zero-order chi connectivity index (χ0) is 29.4. The highest BCUT2D eigenvalue weighted by atomic mass is 79.9. The van der Waals surface area contributed by atoms with E-state index in [9.17, 15) is 18.0 Å². The second-order valence-electron chi connectivity index (χ2n) is 9.51. The fourth-order valence-corrected chi connectivity index (χ4v) is 5.63. The lowest BCUT2D eigenvalue weighted by molar-refractivity contribution is -0.140. The molecule has 7 nitrogen and oxygen atoms in total. The number of hydrogen-bond donors (Lipinski definition) is 1. The number of carbonyl (C=O) groups is 2. The van der Waals surface area contributed by atoms with Gasteiger partial charge in [-0.25, -0.2) is 8.42 Å². The maximum absolute atomic E-state index is 14.1. The molecule has 3 aromatic carbocycles. The Morgan fingerprint density at radius 1 is 0.950 bits per heavy atom. The van der Waals surface area contributed by atoms with Gasteiger partial charge >= 0.3 is 0 Å². The Hall–Kier alpha value is -2.59. The molecule has 1 N–H and O–H groups in total. The summed E-state index contributed by atoms with van der Waals surface area (Å²) in [6.45, 7) is 3.36. The number of hydrogen-bond acceptors (Lipinski definition) is 4. The lowest BCUT2D eigenvalue weighted by atomic mass is 10.0. The van der Waals surface area contributed by atoms with E-state index in [1.54, 1.807) is 6.07 Å². The molecule has 0 radical (unpaired) electrons. The fourth-order valence-electron chi connectivity index (χ4n) is 4.06. The van der Waals surface area contributed by atoms with Crippen LogP contribution >= 0.6 is 39.1 Å². The molecule has 0 aromatic heterocycles. The minimum atomic E-state index is -3.96. The molecule has 0 saturated carbocycles. The lowest BCUT2D eigenvalue weighted by Crippen LogP contribution is -2.54. The Labute approximate surface area is 254 Å². The van der Waals surface area contributed by atoms with Gasteiger partial charge in [-0.15, -0.1) is 0 Å². The summed E-state index contributed by atoms with van der Waals surface area (Å²) in [5.74, 6) is -0.889. The molecule has 0 spiro atoms. The normalized spacial score (nSPS) is 12.8. The summed E-state index contributed by atoms with van der Waals surface area (Å²) in [6.07, 6.45) is 1.94. The molecule has 214 valence electrons. The topological polar surface area (TPSA) is 86.8 Å². The first-order valence-corrected chi connectivity index (χ1v) is 16.1. The number of nitrogens with one attached hydrogen (secondary N) is 1. The van der Waals surface area contributed by atoms with Gasteiger partial charge in [0.15, 0.2) is 0 Å². The molecule has 2 amide bonds. The number of anilines is 1. The number of rotatable bonds is 12. The van der Waals surface area contributed by atoms with Gasteiger partial charge in [-0.05, 0) is 48.7 Å². The van der Waals surface area contributed by atoms with E-state index in [0.717, 1.165) is 26.2 Å². The standard InChI is InChI=1S/C29H32BrCl2N3O4S/c1-4-20(2)33-29(37)26(17-21-9-6-5-7-10-21)34(18-22-13-15-23(30)16-14-22)27(36)19-35(40(3,38)39)25-12-8-11-24(31)28(25)32/h5-16,20,26H,4,17-19H2,1-3H3,(H,33,37)/t20-,26+/m0/s1. The van der Waals surface area contributed by atoms with Gasteiger partial charge in [0.05, 0.1) is 22.0 Å². The Kier molecular flexibility index (Phi) is 11.5. The van der Waals surface area contributed by atoms with E-state index < -0.39 is 28.5 Å². The molecular formula is C29H32BrCl2N3O4S. The molecule has 0 aliphatic carbocycles. The largest absolute Gasteiger partial charge is 0.352 e. The predicted octanol–water partition coefficient (Wildman–Crippen LogP) is 6.08. The zero-order valence-electron chi connectivity index (χ0n) is 22.5. The highest BCUT2D eigenvalue weighted by Gasteiger charge is 2.34. The van der Waals surface area contributed by atoms with Gasteiger partial charge < -0.3 is 10.2 Å². The molecular weight excluding hydrogens is 637 g/mol. The summed E-state index contributed by atoms with van der Waals surface area (Å²) in [4.78, 5) is 29.2. The summed E-state index contributed by atoms with van der Waals surface area (Å²) in [6, 6.07) is 20.3. The first-order valence-electron chi connectivity index (χ1n) is 12.7. The van der Waals surface area contributed by atoms with E-state index >= 15 is 0 Å². The van der Waals surface area contributed by atoms with Crippen LogP contribution in [0.1, 0.15) is 31.4 Å². The molecule has 3 aromatic rings. The van der Waals surface area contributed by atoms with Crippen LogP contribution in [-0.2, 0) is 32.6 Å².